The van der Waals surface area contributed by atoms with Gasteiger partial charge in [-0.05, 0) is 77.8 Å². The van der Waals surface area contributed by atoms with E-state index in [0.717, 1.165) is 36.4 Å². The third kappa shape index (κ3) is 10.7. The van der Waals surface area contributed by atoms with Gasteiger partial charge in [0.1, 0.15) is 33.4 Å². The summed E-state index contributed by atoms with van der Waals surface area (Å²) in [5.74, 6) is -5.43. The zero-order valence-electron chi connectivity index (χ0n) is 40.1. The first-order chi connectivity index (χ1) is 32.4. The van der Waals surface area contributed by atoms with Gasteiger partial charge in [0.25, 0.3) is 0 Å². The minimum Gasteiger partial charge on any atom is -0.588 e. The lowest BCUT2D eigenvalue weighted by Gasteiger charge is -2.42. The molecule has 69 heavy (non-hydrogen) atoms. The summed E-state index contributed by atoms with van der Waals surface area (Å²) in [6.07, 6.45) is -0.520. The molecule has 6 rings (SSSR count). The summed E-state index contributed by atoms with van der Waals surface area (Å²) >= 11 is -3.98. The molecule has 20 heteroatoms. The molecule has 0 saturated carbocycles. The van der Waals surface area contributed by atoms with E-state index in [9.17, 15) is 50.4 Å². The molecule has 0 aliphatic carbocycles. The van der Waals surface area contributed by atoms with E-state index in [1.54, 1.807) is 0 Å². The van der Waals surface area contributed by atoms with Gasteiger partial charge in [0.05, 0.1) is 17.6 Å². The molecule has 4 aromatic carbocycles. The van der Waals surface area contributed by atoms with Gasteiger partial charge in [-0.3, -0.25) is 9.59 Å². The maximum absolute atomic E-state index is 13.5. The van der Waals surface area contributed by atoms with Gasteiger partial charge in [-0.2, -0.15) is 0 Å². The summed E-state index contributed by atoms with van der Waals surface area (Å²) in [6, 6.07) is 11.4. The van der Waals surface area contributed by atoms with E-state index in [2.05, 4.69) is 62.3 Å². The van der Waals surface area contributed by atoms with Gasteiger partial charge in [-0.15, -0.1) is 0 Å². The molecule has 8 N–H and O–H groups in total. The quantitative estimate of drug-likeness (QED) is 0.0278. The van der Waals surface area contributed by atoms with Crippen LogP contribution in [-0.4, -0.2) is 85.4 Å². The second-order valence-corrected chi connectivity index (χ2v) is 22.2. The number of benzene rings is 4. The van der Waals surface area contributed by atoms with Crippen LogP contribution in [0.25, 0.3) is 44.6 Å². The molecule has 0 saturated heterocycles. The first kappa shape index (κ1) is 52.3. The number of hydrogen-bond donors (Lipinski definition) is 8. The molecule has 0 bridgehead atoms. The number of rotatable bonds is 19. The maximum Gasteiger partial charge on any atom is 1.09 e. The van der Waals surface area contributed by atoms with Crippen molar-refractivity contribution >= 4 is 46.1 Å². The molecule has 0 radical (unpaired) electrons. The number of fused-ring (bicyclic) bond motifs is 2. The van der Waals surface area contributed by atoms with E-state index >= 15 is 0 Å². The van der Waals surface area contributed by atoms with Crippen LogP contribution >= 0.6 is 0 Å². The van der Waals surface area contributed by atoms with Gasteiger partial charge in [-0.1, -0.05) is 62.3 Å². The molecular formula is C49H59AlO18Si. The van der Waals surface area contributed by atoms with Crippen molar-refractivity contribution in [1.29, 1.82) is 0 Å². The summed E-state index contributed by atoms with van der Waals surface area (Å²) in [6.45, 7) is 19.3. The number of phenols is 6. The Balaban J connectivity index is 1.50. The highest BCUT2D eigenvalue weighted by atomic mass is 28.4. The van der Waals surface area contributed by atoms with E-state index in [1.165, 1.54) is 38.5 Å². The summed E-state index contributed by atoms with van der Waals surface area (Å²) in [5.41, 5.74) is -2.65. The maximum atomic E-state index is 13.5. The van der Waals surface area contributed by atoms with Crippen LogP contribution in [0.4, 0.5) is 0 Å². The molecule has 18 nitrogen and oxygen atoms in total. The molecule has 0 amide bonds. The third-order valence-electron chi connectivity index (χ3n) is 13.4. The summed E-state index contributed by atoms with van der Waals surface area (Å²) in [4.78, 5) is 27.0. The Morgan fingerprint density at radius 2 is 0.884 bits per heavy atom. The monoisotopic (exact) mass is 990 g/mol. The van der Waals surface area contributed by atoms with E-state index in [4.69, 9.17) is 33.2 Å². The van der Waals surface area contributed by atoms with Gasteiger partial charge in [0.2, 0.25) is 22.4 Å². The molecule has 0 spiro atoms. The molecule has 2 aromatic heterocycles. The first-order valence-corrected chi connectivity index (χ1v) is 25.4. The molecule has 6 atom stereocenters. The molecule has 6 aromatic rings. The summed E-state index contributed by atoms with van der Waals surface area (Å²) in [7, 11) is -1.71. The molecule has 6 unspecified atom stereocenters. The lowest BCUT2D eigenvalue weighted by atomic mass is 9.71. The van der Waals surface area contributed by atoms with Crippen molar-refractivity contribution in [3.63, 3.8) is 0 Å². The SMILES string of the molecule is CO[Si](OC)(OC(C(C)C(C)C(C)C)C(C)C(C)C(C)C(C)C)[O][Al]([O]c1cc(O)c2c(=O)c(O)c(-c3ccc(O)c(O)c3)oc2c1)[O]c1cc(O)c2c(=O)c(O)c(-c3ccc(O)c(O)c3)oc2c1. The summed E-state index contributed by atoms with van der Waals surface area (Å²) < 4.78 is 50.4. The predicted molar refractivity (Wildman–Crippen MR) is 257 cm³/mol. The lowest BCUT2D eigenvalue weighted by molar-refractivity contribution is -0.0695. The van der Waals surface area contributed by atoms with Crippen LogP contribution in [0.5, 0.6) is 57.5 Å². The van der Waals surface area contributed by atoms with Crippen LogP contribution in [0.2, 0.25) is 0 Å². The van der Waals surface area contributed by atoms with Crippen molar-refractivity contribution < 1.29 is 74.0 Å². The van der Waals surface area contributed by atoms with E-state index < -0.39 is 109 Å². The molecule has 2 heterocycles. The second kappa shape index (κ2) is 20.9. The molecule has 0 aliphatic heterocycles. The number of phenolic OH excluding ortho intramolecular Hbond substituents is 6. The summed E-state index contributed by atoms with van der Waals surface area (Å²) in [5, 5.41) is 83.6. The zero-order valence-corrected chi connectivity index (χ0v) is 42.3. The Hall–Kier alpha value is -6.11. The highest BCUT2D eigenvalue weighted by Crippen LogP contribution is 2.42. The highest BCUT2D eigenvalue weighted by molar-refractivity contribution is 6.62. The van der Waals surface area contributed by atoms with Crippen molar-refractivity contribution in [2.75, 3.05) is 14.2 Å². The fraction of sp³-hybridized carbons (Fsp3) is 0.388. The Labute approximate surface area is 404 Å². The normalized spacial score (nSPS) is 14.7. The molecule has 0 aliphatic rings. The highest BCUT2D eigenvalue weighted by Gasteiger charge is 2.58. The Morgan fingerprint density at radius 3 is 1.26 bits per heavy atom. The molecule has 0 fully saturated rings. The average Bonchev–Trinajstić information content (AvgIpc) is 3.30. The van der Waals surface area contributed by atoms with Crippen molar-refractivity contribution in [2.45, 2.75) is 68.4 Å². The van der Waals surface area contributed by atoms with Crippen LogP contribution in [0, 0.1) is 41.4 Å². The number of aromatic hydroxyl groups is 8. The molecular weight excluding hydrogens is 932 g/mol. The molecule has 370 valence electrons. The van der Waals surface area contributed by atoms with Gasteiger partial charge < -0.3 is 74.0 Å². The standard InChI is InChI=1S/C19H41O4Si.2C15H10O7.Al/c1-12(2)14(5)16(7)18(9)19(17(8)15(6)13(3)4)23-24(20,21-10)22-11;2*16-7-4-10(19)12-11(5-7)22-15(14(21)13(12)20)6-1-2-8(17)9(18)3-6;/h12-19H,1-11H3;2*1-5,16-19,21H;/q-1;;;+3/p-2. The average molecular weight is 991 g/mol. The van der Waals surface area contributed by atoms with Gasteiger partial charge in [-0.25, -0.2) is 0 Å². The lowest BCUT2D eigenvalue weighted by Crippen LogP contribution is -2.58. The van der Waals surface area contributed by atoms with Gasteiger partial charge >= 0.3 is 24.2 Å². The Bertz CT molecular complexity index is 2780. The van der Waals surface area contributed by atoms with Crippen LogP contribution in [-0.2, 0) is 16.8 Å². The van der Waals surface area contributed by atoms with E-state index in [0.29, 0.717) is 5.92 Å². The van der Waals surface area contributed by atoms with Crippen molar-refractivity contribution in [1.82, 2.24) is 0 Å². The zero-order chi connectivity index (χ0) is 51.0. The minimum atomic E-state index is -4.40. The first-order valence-electron chi connectivity index (χ1n) is 22.3. The van der Waals surface area contributed by atoms with Crippen molar-refractivity contribution in [3.8, 4) is 80.1 Å². The van der Waals surface area contributed by atoms with Gasteiger partial charge in [0, 0.05) is 49.6 Å². The fourth-order valence-electron chi connectivity index (χ4n) is 8.25. The van der Waals surface area contributed by atoms with Crippen molar-refractivity contribution in [2.24, 2.45) is 41.4 Å². The third-order valence-corrected chi connectivity index (χ3v) is 17.9. The van der Waals surface area contributed by atoms with Crippen LogP contribution < -0.4 is 18.4 Å². The van der Waals surface area contributed by atoms with Crippen LogP contribution in [0.3, 0.4) is 0 Å². The van der Waals surface area contributed by atoms with Crippen LogP contribution in [0.15, 0.2) is 79.1 Å². The minimum absolute atomic E-state index is 0.00278. The van der Waals surface area contributed by atoms with E-state index in [1.807, 2.05) is 0 Å². The smallest absolute Gasteiger partial charge is 0.588 e. The van der Waals surface area contributed by atoms with Crippen molar-refractivity contribution in [3.05, 3.63) is 81.1 Å². The second-order valence-electron chi connectivity index (χ2n) is 18.2. The predicted octanol–water partition coefficient (Wildman–Crippen LogP) is 8.94. The Morgan fingerprint density at radius 1 is 0.493 bits per heavy atom. The van der Waals surface area contributed by atoms with Gasteiger partial charge in [0.15, 0.2) is 34.5 Å². The Kier molecular flexibility index (Phi) is 15.8. The van der Waals surface area contributed by atoms with Crippen LogP contribution in [0.1, 0.15) is 62.3 Å². The fourth-order valence-corrected chi connectivity index (χ4v) is 12.5. The topological polar surface area (TPSA) is 278 Å². The van der Waals surface area contributed by atoms with E-state index in [-0.39, 0.29) is 69.3 Å². The number of hydrogen-bond acceptors (Lipinski definition) is 18. The largest absolute Gasteiger partial charge is 1.09 e.